The van der Waals surface area contributed by atoms with Gasteiger partial charge in [0.1, 0.15) is 12.2 Å². The lowest BCUT2D eigenvalue weighted by molar-refractivity contribution is -0.127. The molecule has 9 heteroatoms. The van der Waals surface area contributed by atoms with E-state index in [1.165, 1.54) is 0 Å². The van der Waals surface area contributed by atoms with E-state index in [0.29, 0.717) is 17.2 Å². The Balaban J connectivity index is 1.34. The Kier molecular flexibility index (Phi) is 4.58. The molecule has 5 rings (SSSR count). The summed E-state index contributed by atoms with van der Waals surface area (Å²) >= 11 is 0. The maximum atomic E-state index is 12.9. The number of imide groups is 1. The lowest BCUT2D eigenvalue weighted by Gasteiger charge is -2.12. The van der Waals surface area contributed by atoms with Gasteiger partial charge in [-0.1, -0.05) is 18.2 Å². The summed E-state index contributed by atoms with van der Waals surface area (Å²) < 4.78 is 12.6. The van der Waals surface area contributed by atoms with Gasteiger partial charge in [-0.05, 0) is 31.2 Å². The van der Waals surface area contributed by atoms with Gasteiger partial charge in [-0.2, -0.15) is 0 Å². The largest absolute Gasteiger partial charge is 0.454 e. The van der Waals surface area contributed by atoms with Crippen LogP contribution in [0.5, 0.6) is 11.5 Å². The molecule has 1 fully saturated rings. The number of nitrogens with one attached hydrogen (secondary N) is 2. The minimum absolute atomic E-state index is 0.125. The first-order valence-corrected chi connectivity index (χ1v) is 10.0. The van der Waals surface area contributed by atoms with Gasteiger partial charge in [-0.15, -0.1) is 0 Å². The number of anilines is 1. The lowest BCUT2D eigenvalue weighted by atomic mass is 10.1. The van der Waals surface area contributed by atoms with Crippen LogP contribution in [0.15, 0.2) is 48.2 Å². The highest BCUT2D eigenvalue weighted by Crippen LogP contribution is 2.34. The molecule has 0 spiro atoms. The van der Waals surface area contributed by atoms with Gasteiger partial charge in [0, 0.05) is 41.0 Å². The van der Waals surface area contributed by atoms with E-state index < -0.39 is 24.4 Å². The number of aromatic nitrogens is 1. The minimum atomic E-state index is -0.639. The van der Waals surface area contributed by atoms with Crippen molar-refractivity contribution >= 4 is 40.5 Å². The Bertz CT molecular complexity index is 1320. The average molecular weight is 432 g/mol. The fourth-order valence-corrected chi connectivity index (χ4v) is 3.91. The molecule has 0 atom stereocenters. The van der Waals surface area contributed by atoms with Gasteiger partial charge < -0.3 is 24.7 Å². The number of urea groups is 1. The van der Waals surface area contributed by atoms with Crippen LogP contribution in [0.25, 0.3) is 17.0 Å². The highest BCUT2D eigenvalue weighted by molar-refractivity contribution is 6.16. The molecule has 1 aromatic heterocycles. The second-order valence-electron chi connectivity index (χ2n) is 7.57. The molecule has 9 nitrogen and oxygen atoms in total. The summed E-state index contributed by atoms with van der Waals surface area (Å²) in [5, 5.41) is 6.22. The van der Waals surface area contributed by atoms with E-state index in [4.69, 9.17) is 9.47 Å². The van der Waals surface area contributed by atoms with E-state index in [0.717, 1.165) is 27.1 Å². The number of benzene rings is 2. The number of carbonyl (C=O) groups excluding carboxylic acids is 3. The monoisotopic (exact) mass is 432 g/mol. The molecule has 2 N–H and O–H groups in total. The maximum absolute atomic E-state index is 12.9. The number of rotatable bonds is 4. The Hall–Kier alpha value is -4.27. The van der Waals surface area contributed by atoms with Gasteiger partial charge in [0.05, 0.1) is 0 Å². The molecule has 0 radical (unpaired) electrons. The third-order valence-corrected chi connectivity index (χ3v) is 5.66. The number of carbonyl (C=O) groups is 3. The van der Waals surface area contributed by atoms with E-state index in [-0.39, 0.29) is 12.5 Å². The van der Waals surface area contributed by atoms with Crippen LogP contribution < -0.4 is 20.1 Å². The molecule has 0 unspecified atom stereocenters. The summed E-state index contributed by atoms with van der Waals surface area (Å²) in [6.07, 6.45) is 1.66. The van der Waals surface area contributed by atoms with E-state index >= 15 is 0 Å². The minimum Gasteiger partial charge on any atom is -0.454 e. The predicted octanol–water partition coefficient (Wildman–Crippen LogP) is 2.75. The standard InChI is InChI=1S/C23H20N4O5/c1-13-16(15-5-3-4-6-18(15)26(13)2)10-17-22(29)27(23(30)25-17)11-21(28)24-14-7-8-19-20(9-14)32-12-31-19/h3-10H,11-12H2,1-2H3,(H,24,28)(H,25,30)/b17-10-. The molecule has 4 amide bonds. The zero-order valence-corrected chi connectivity index (χ0v) is 17.5. The van der Waals surface area contributed by atoms with Gasteiger partial charge in [-0.25, -0.2) is 9.69 Å². The molecule has 2 aliphatic rings. The summed E-state index contributed by atoms with van der Waals surface area (Å²) in [6, 6.07) is 12.2. The molecule has 0 bridgehead atoms. The van der Waals surface area contributed by atoms with E-state index in [9.17, 15) is 14.4 Å². The number of hydrogen-bond acceptors (Lipinski definition) is 5. The van der Waals surface area contributed by atoms with Gasteiger partial charge >= 0.3 is 6.03 Å². The maximum Gasteiger partial charge on any atom is 0.329 e. The number of hydrogen-bond donors (Lipinski definition) is 2. The molecule has 2 aliphatic heterocycles. The third kappa shape index (κ3) is 3.24. The van der Waals surface area contributed by atoms with Crippen molar-refractivity contribution in [2.45, 2.75) is 6.92 Å². The fourth-order valence-electron chi connectivity index (χ4n) is 3.91. The van der Waals surface area contributed by atoms with Gasteiger partial charge in [0.2, 0.25) is 12.7 Å². The van der Waals surface area contributed by atoms with Crippen LogP contribution in [0.3, 0.4) is 0 Å². The molecule has 32 heavy (non-hydrogen) atoms. The molecule has 0 saturated carbocycles. The van der Waals surface area contributed by atoms with Crippen molar-refractivity contribution in [3.63, 3.8) is 0 Å². The number of para-hydroxylation sites is 1. The zero-order valence-electron chi connectivity index (χ0n) is 17.5. The Labute approximate surface area is 183 Å². The van der Waals surface area contributed by atoms with Crippen molar-refractivity contribution in [1.29, 1.82) is 0 Å². The Morgan fingerprint density at radius 1 is 1.16 bits per heavy atom. The molecule has 162 valence electrons. The molecule has 2 aromatic carbocycles. The first-order chi connectivity index (χ1) is 15.4. The van der Waals surface area contributed by atoms with Crippen LogP contribution in [0.2, 0.25) is 0 Å². The second-order valence-corrected chi connectivity index (χ2v) is 7.57. The summed E-state index contributed by atoms with van der Waals surface area (Å²) in [4.78, 5) is 38.6. The van der Waals surface area contributed by atoms with Crippen molar-refractivity contribution < 1.29 is 23.9 Å². The van der Waals surface area contributed by atoms with Crippen LogP contribution >= 0.6 is 0 Å². The quantitative estimate of drug-likeness (QED) is 0.488. The molecule has 3 heterocycles. The van der Waals surface area contributed by atoms with Crippen molar-refractivity contribution in [1.82, 2.24) is 14.8 Å². The van der Waals surface area contributed by atoms with E-state index in [1.54, 1.807) is 24.3 Å². The lowest BCUT2D eigenvalue weighted by Crippen LogP contribution is -2.38. The number of aryl methyl sites for hydroxylation is 1. The molecular weight excluding hydrogens is 412 g/mol. The van der Waals surface area contributed by atoms with Crippen molar-refractivity contribution in [2.24, 2.45) is 7.05 Å². The van der Waals surface area contributed by atoms with Crippen LogP contribution in [0.4, 0.5) is 10.5 Å². The van der Waals surface area contributed by atoms with Gasteiger partial charge in [0.25, 0.3) is 5.91 Å². The van der Waals surface area contributed by atoms with E-state index in [2.05, 4.69) is 10.6 Å². The number of ether oxygens (including phenoxy) is 2. The van der Waals surface area contributed by atoms with Crippen molar-refractivity contribution in [3.05, 3.63) is 59.4 Å². The van der Waals surface area contributed by atoms with Crippen LogP contribution in [0, 0.1) is 6.92 Å². The SMILES string of the molecule is Cc1c(/C=C2\NC(=O)N(CC(=O)Nc3ccc4c(c3)OCO4)C2=O)c2ccccc2n1C. The van der Waals surface area contributed by atoms with Gasteiger partial charge in [-0.3, -0.25) is 9.59 Å². The topological polar surface area (TPSA) is 102 Å². The zero-order chi connectivity index (χ0) is 22.4. The number of fused-ring (bicyclic) bond motifs is 2. The first-order valence-electron chi connectivity index (χ1n) is 10.0. The predicted molar refractivity (Wildman–Crippen MR) is 117 cm³/mol. The van der Waals surface area contributed by atoms with Gasteiger partial charge in [0.15, 0.2) is 11.5 Å². The Morgan fingerprint density at radius 3 is 2.78 bits per heavy atom. The van der Waals surface area contributed by atoms with Crippen molar-refractivity contribution in [3.8, 4) is 11.5 Å². The van der Waals surface area contributed by atoms with Crippen LogP contribution in [-0.2, 0) is 16.6 Å². The average Bonchev–Trinajstić information content (AvgIpc) is 3.42. The summed E-state index contributed by atoms with van der Waals surface area (Å²) in [5.74, 6) is 0.0576. The number of amides is 4. The normalized spacial score (nSPS) is 16.2. The fraction of sp³-hybridized carbons (Fsp3) is 0.174. The van der Waals surface area contributed by atoms with Crippen molar-refractivity contribution in [2.75, 3.05) is 18.7 Å². The molecule has 3 aromatic rings. The summed E-state index contributed by atoms with van der Waals surface area (Å²) in [7, 11) is 1.95. The highest BCUT2D eigenvalue weighted by Gasteiger charge is 2.35. The summed E-state index contributed by atoms with van der Waals surface area (Å²) in [6.45, 7) is 1.66. The molecular formula is C23H20N4O5. The first kappa shape index (κ1) is 19.7. The third-order valence-electron chi connectivity index (χ3n) is 5.66. The Morgan fingerprint density at radius 2 is 1.94 bits per heavy atom. The number of nitrogens with zero attached hydrogens (tertiary/aromatic N) is 2. The van der Waals surface area contributed by atoms with Crippen LogP contribution in [-0.4, -0.2) is 40.7 Å². The van der Waals surface area contributed by atoms with Crippen LogP contribution in [0.1, 0.15) is 11.3 Å². The van der Waals surface area contributed by atoms with E-state index in [1.807, 2.05) is 42.8 Å². The molecule has 1 saturated heterocycles. The highest BCUT2D eigenvalue weighted by atomic mass is 16.7. The second kappa shape index (κ2) is 7.45. The smallest absolute Gasteiger partial charge is 0.329 e. The summed E-state index contributed by atoms with van der Waals surface area (Å²) in [5.41, 5.74) is 3.44. The molecule has 0 aliphatic carbocycles.